The zero-order chi connectivity index (χ0) is 14.6. The highest BCUT2D eigenvalue weighted by Crippen LogP contribution is 2.39. The molecule has 0 amide bonds. The van der Waals surface area contributed by atoms with Crippen LogP contribution in [0.25, 0.3) is 0 Å². The number of likely N-dealkylation sites (tertiary alicyclic amines) is 1. The molecule has 1 saturated heterocycles. The van der Waals surface area contributed by atoms with Gasteiger partial charge >= 0.3 is 5.97 Å². The van der Waals surface area contributed by atoms with Gasteiger partial charge in [0.25, 0.3) is 0 Å². The Kier molecular flexibility index (Phi) is 5.44. The van der Waals surface area contributed by atoms with Gasteiger partial charge in [-0.1, -0.05) is 13.3 Å². The topological polar surface area (TPSA) is 41.6 Å². The number of hydrogen-bond donors (Lipinski definition) is 1. The van der Waals surface area contributed by atoms with Gasteiger partial charge in [0.15, 0.2) is 0 Å². The number of carbonyl (C=O) groups excluding carboxylic acids is 1. The van der Waals surface area contributed by atoms with Crippen molar-refractivity contribution in [1.29, 1.82) is 0 Å². The smallest absolute Gasteiger partial charge is 0.326 e. The highest BCUT2D eigenvalue weighted by Gasteiger charge is 2.48. The molecule has 0 bridgehead atoms. The van der Waals surface area contributed by atoms with E-state index in [2.05, 4.69) is 17.1 Å². The van der Waals surface area contributed by atoms with Crippen molar-refractivity contribution in [3.05, 3.63) is 0 Å². The predicted octanol–water partition coefficient (Wildman–Crippen LogP) is 2.18. The van der Waals surface area contributed by atoms with Crippen molar-refractivity contribution in [3.63, 3.8) is 0 Å². The normalized spacial score (nSPS) is 34.5. The van der Waals surface area contributed by atoms with E-state index in [4.69, 9.17) is 4.74 Å². The Morgan fingerprint density at radius 3 is 2.85 bits per heavy atom. The molecule has 4 heteroatoms. The third-order valence-corrected chi connectivity index (χ3v) is 5.55. The molecular weight excluding hydrogens is 252 g/mol. The molecule has 1 N–H and O–H groups in total. The monoisotopic (exact) mass is 282 g/mol. The van der Waals surface area contributed by atoms with E-state index in [1.807, 2.05) is 7.05 Å². The third-order valence-electron chi connectivity index (χ3n) is 5.55. The van der Waals surface area contributed by atoms with E-state index >= 15 is 0 Å². The molecule has 116 valence electrons. The molecule has 2 aliphatic rings. The minimum absolute atomic E-state index is 0.0732. The minimum atomic E-state index is -0.434. The lowest BCUT2D eigenvalue weighted by atomic mass is 9.84. The maximum absolute atomic E-state index is 12.2. The van der Waals surface area contributed by atoms with Crippen molar-refractivity contribution in [1.82, 2.24) is 10.2 Å². The summed E-state index contributed by atoms with van der Waals surface area (Å²) in [5.74, 6) is 0.342. The lowest BCUT2D eigenvalue weighted by Gasteiger charge is -2.34. The second-order valence-corrected chi connectivity index (χ2v) is 6.33. The Balaban J connectivity index is 1.95. The van der Waals surface area contributed by atoms with Gasteiger partial charge < -0.3 is 15.0 Å². The number of rotatable bonds is 6. The van der Waals surface area contributed by atoms with Gasteiger partial charge in [-0.05, 0) is 64.6 Å². The van der Waals surface area contributed by atoms with Crippen molar-refractivity contribution in [3.8, 4) is 0 Å². The van der Waals surface area contributed by atoms with E-state index in [-0.39, 0.29) is 5.97 Å². The molecule has 1 heterocycles. The first kappa shape index (κ1) is 15.8. The van der Waals surface area contributed by atoms with Crippen LogP contribution in [0.3, 0.4) is 0 Å². The number of esters is 1. The fourth-order valence-corrected chi connectivity index (χ4v) is 4.32. The summed E-state index contributed by atoms with van der Waals surface area (Å²) in [6, 6.07) is 0.763. The Morgan fingerprint density at radius 1 is 1.40 bits per heavy atom. The second-order valence-electron chi connectivity index (χ2n) is 6.33. The number of ether oxygens (including phenoxy) is 1. The van der Waals surface area contributed by atoms with Crippen molar-refractivity contribution >= 4 is 5.97 Å². The van der Waals surface area contributed by atoms with Crippen molar-refractivity contribution < 1.29 is 9.53 Å². The van der Waals surface area contributed by atoms with Crippen molar-refractivity contribution in [2.24, 2.45) is 5.92 Å². The van der Waals surface area contributed by atoms with Gasteiger partial charge in [-0.3, -0.25) is 4.79 Å². The maximum Gasteiger partial charge on any atom is 0.326 e. The van der Waals surface area contributed by atoms with E-state index in [0.29, 0.717) is 5.92 Å². The third kappa shape index (κ3) is 2.86. The zero-order valence-corrected chi connectivity index (χ0v) is 13.3. The summed E-state index contributed by atoms with van der Waals surface area (Å²) >= 11 is 0. The van der Waals surface area contributed by atoms with Gasteiger partial charge in [-0.2, -0.15) is 0 Å². The fraction of sp³-hybridized carbons (Fsp3) is 0.938. The van der Waals surface area contributed by atoms with Crippen LogP contribution in [0.5, 0.6) is 0 Å². The first-order chi connectivity index (χ1) is 9.67. The molecule has 2 fully saturated rings. The summed E-state index contributed by atoms with van der Waals surface area (Å²) < 4.78 is 5.06. The largest absolute Gasteiger partial charge is 0.468 e. The summed E-state index contributed by atoms with van der Waals surface area (Å²) in [5, 5.41) is 3.29. The molecule has 4 nitrogen and oxygen atoms in total. The van der Waals surface area contributed by atoms with Crippen molar-refractivity contribution in [2.75, 3.05) is 27.2 Å². The number of likely N-dealkylation sites (N-methyl/N-ethyl adjacent to an activating group) is 1. The average molecular weight is 282 g/mol. The van der Waals surface area contributed by atoms with Crippen molar-refractivity contribution in [2.45, 2.75) is 63.5 Å². The highest BCUT2D eigenvalue weighted by atomic mass is 16.5. The molecule has 1 aliphatic carbocycles. The first-order valence-electron chi connectivity index (χ1n) is 8.19. The van der Waals surface area contributed by atoms with E-state index in [1.165, 1.54) is 32.9 Å². The molecule has 0 spiro atoms. The van der Waals surface area contributed by atoms with Crippen LogP contribution in [-0.2, 0) is 9.53 Å². The number of nitrogens with zero attached hydrogens (tertiary/aromatic N) is 1. The van der Waals surface area contributed by atoms with E-state index < -0.39 is 5.54 Å². The summed E-state index contributed by atoms with van der Waals surface area (Å²) in [6.45, 7) is 4.64. The van der Waals surface area contributed by atoms with Gasteiger partial charge in [0.2, 0.25) is 0 Å². The van der Waals surface area contributed by atoms with Crippen LogP contribution in [0.4, 0.5) is 0 Å². The van der Waals surface area contributed by atoms with Gasteiger partial charge in [-0.15, -0.1) is 0 Å². The first-order valence-corrected chi connectivity index (χ1v) is 8.19. The van der Waals surface area contributed by atoms with Gasteiger partial charge in [-0.25, -0.2) is 0 Å². The molecule has 3 atom stereocenters. The van der Waals surface area contributed by atoms with Crippen LogP contribution >= 0.6 is 0 Å². The molecule has 20 heavy (non-hydrogen) atoms. The SMILES string of the molecule is CCC1CCCN1CCC1CCCC1(NC)C(=O)OC. The van der Waals surface area contributed by atoms with Crippen LogP contribution in [0.2, 0.25) is 0 Å². The molecular formula is C16H30N2O2. The van der Waals surface area contributed by atoms with Crippen LogP contribution in [0.15, 0.2) is 0 Å². The molecule has 1 saturated carbocycles. The molecule has 0 aromatic carbocycles. The second kappa shape index (κ2) is 6.90. The average Bonchev–Trinajstić information content (AvgIpc) is 3.10. The molecule has 1 aliphatic heterocycles. The number of carbonyl (C=O) groups is 1. The Morgan fingerprint density at radius 2 is 2.20 bits per heavy atom. The number of nitrogens with one attached hydrogen (secondary N) is 1. The summed E-state index contributed by atoms with van der Waals surface area (Å²) in [6.07, 6.45) is 8.20. The molecule has 0 radical (unpaired) electrons. The highest BCUT2D eigenvalue weighted by molar-refractivity contribution is 5.81. The van der Waals surface area contributed by atoms with E-state index in [9.17, 15) is 4.79 Å². The van der Waals surface area contributed by atoms with E-state index in [1.54, 1.807) is 0 Å². The minimum Gasteiger partial charge on any atom is -0.468 e. The van der Waals surface area contributed by atoms with Crippen LogP contribution < -0.4 is 5.32 Å². The summed E-state index contributed by atoms with van der Waals surface area (Å²) in [4.78, 5) is 14.8. The molecule has 0 aromatic rings. The molecule has 3 unspecified atom stereocenters. The Hall–Kier alpha value is -0.610. The van der Waals surface area contributed by atoms with Crippen LogP contribution in [0.1, 0.15) is 51.9 Å². The standard InChI is InChI=1S/C16H30N2O2/c1-4-14-8-6-11-18(14)12-9-13-7-5-10-16(13,17-2)15(19)20-3/h13-14,17H,4-12H2,1-3H3. The summed E-state index contributed by atoms with van der Waals surface area (Å²) in [5.41, 5.74) is -0.434. The predicted molar refractivity (Wildman–Crippen MR) is 80.7 cm³/mol. The quantitative estimate of drug-likeness (QED) is 0.758. The fourth-order valence-electron chi connectivity index (χ4n) is 4.32. The lowest BCUT2D eigenvalue weighted by molar-refractivity contribution is -0.150. The molecule has 0 aromatic heterocycles. The number of methoxy groups -OCH3 is 1. The van der Waals surface area contributed by atoms with Gasteiger partial charge in [0.1, 0.15) is 5.54 Å². The Bertz CT molecular complexity index is 334. The lowest BCUT2D eigenvalue weighted by Crippen LogP contribution is -2.54. The molecule has 2 rings (SSSR count). The Labute approximate surface area is 123 Å². The van der Waals surface area contributed by atoms with Crippen LogP contribution in [-0.4, -0.2) is 49.7 Å². The van der Waals surface area contributed by atoms with Gasteiger partial charge in [0, 0.05) is 6.04 Å². The zero-order valence-electron chi connectivity index (χ0n) is 13.3. The number of hydrogen-bond acceptors (Lipinski definition) is 4. The van der Waals surface area contributed by atoms with E-state index in [0.717, 1.165) is 38.3 Å². The van der Waals surface area contributed by atoms with Crippen LogP contribution in [0, 0.1) is 5.92 Å². The maximum atomic E-state index is 12.2. The summed E-state index contributed by atoms with van der Waals surface area (Å²) in [7, 11) is 3.41. The van der Waals surface area contributed by atoms with Gasteiger partial charge in [0.05, 0.1) is 7.11 Å².